The molecule has 0 fully saturated rings. The molecule has 104 valence electrons. The van der Waals surface area contributed by atoms with Crippen molar-refractivity contribution in [2.75, 3.05) is 11.4 Å². The molecule has 1 aliphatic heterocycles. The van der Waals surface area contributed by atoms with Crippen LogP contribution in [0.25, 0.3) is 0 Å². The first-order chi connectivity index (χ1) is 9.74. The molecule has 0 radical (unpaired) electrons. The highest BCUT2D eigenvalue weighted by Crippen LogP contribution is 2.31. The van der Waals surface area contributed by atoms with Gasteiger partial charge in [0, 0.05) is 23.2 Å². The number of hydrogen-bond donors (Lipinski definition) is 2. The van der Waals surface area contributed by atoms with Gasteiger partial charge in [0.25, 0.3) is 0 Å². The van der Waals surface area contributed by atoms with Crippen molar-refractivity contribution in [3.8, 4) is 0 Å². The van der Waals surface area contributed by atoms with Crippen molar-refractivity contribution >= 4 is 21.6 Å². The molecule has 1 unspecified atom stereocenters. The van der Waals surface area contributed by atoms with Gasteiger partial charge in [-0.15, -0.1) is 0 Å². The van der Waals surface area contributed by atoms with Crippen LogP contribution in [0.2, 0.25) is 0 Å². The highest BCUT2D eigenvalue weighted by atomic mass is 79.9. The van der Waals surface area contributed by atoms with Gasteiger partial charge in [-0.25, -0.2) is 0 Å². The number of hydrogen-bond acceptors (Lipinski definition) is 3. The molecule has 3 rings (SSSR count). The molecule has 4 heteroatoms. The number of fused-ring (bicyclic) bond motifs is 1. The number of nitrogens with zero attached hydrogens (tertiary/aromatic N) is 1. The van der Waals surface area contributed by atoms with E-state index in [2.05, 4.69) is 45.5 Å². The van der Waals surface area contributed by atoms with Gasteiger partial charge in [-0.05, 0) is 35.7 Å². The smallest absolute Gasteiger partial charge is 0.184 e. The molecule has 0 saturated heterocycles. The lowest BCUT2D eigenvalue weighted by Gasteiger charge is -2.26. The van der Waals surface area contributed by atoms with Crippen molar-refractivity contribution in [3.05, 3.63) is 64.1 Å². The van der Waals surface area contributed by atoms with Crippen LogP contribution in [-0.2, 0) is 13.0 Å². The summed E-state index contributed by atoms with van der Waals surface area (Å²) in [5.74, 6) is 0. The number of anilines is 1. The van der Waals surface area contributed by atoms with E-state index in [1.807, 2.05) is 29.2 Å². The number of nitrogens with one attached hydrogen (secondary N) is 1. The number of rotatable bonds is 4. The topological polar surface area (TPSA) is 35.5 Å². The fourth-order valence-electron chi connectivity index (χ4n) is 2.57. The van der Waals surface area contributed by atoms with Crippen molar-refractivity contribution in [2.24, 2.45) is 0 Å². The average molecular weight is 333 g/mol. The third-order valence-electron chi connectivity index (χ3n) is 3.60. The Hall–Kier alpha value is -1.36. The Balaban J connectivity index is 1.66. The first-order valence-electron chi connectivity index (χ1n) is 6.74. The van der Waals surface area contributed by atoms with E-state index < -0.39 is 6.35 Å². The molecular weight excluding hydrogens is 316 g/mol. The van der Waals surface area contributed by atoms with Gasteiger partial charge in [-0.3, -0.25) is 5.32 Å². The van der Waals surface area contributed by atoms with Crippen LogP contribution in [0.5, 0.6) is 0 Å². The molecular formula is C16H17BrN2O. The summed E-state index contributed by atoms with van der Waals surface area (Å²) >= 11 is 3.49. The van der Waals surface area contributed by atoms with E-state index in [-0.39, 0.29) is 0 Å². The van der Waals surface area contributed by atoms with Gasteiger partial charge in [0.2, 0.25) is 0 Å². The van der Waals surface area contributed by atoms with Crippen molar-refractivity contribution in [3.63, 3.8) is 0 Å². The van der Waals surface area contributed by atoms with Gasteiger partial charge in [-0.2, -0.15) is 0 Å². The number of benzene rings is 2. The van der Waals surface area contributed by atoms with Crippen molar-refractivity contribution < 1.29 is 5.11 Å². The summed E-state index contributed by atoms with van der Waals surface area (Å²) in [5.41, 5.74) is 3.56. The van der Waals surface area contributed by atoms with E-state index in [9.17, 15) is 5.11 Å². The summed E-state index contributed by atoms with van der Waals surface area (Å²) < 4.78 is 1.09. The zero-order chi connectivity index (χ0) is 13.9. The Labute approximate surface area is 127 Å². The molecule has 3 nitrogen and oxygen atoms in total. The second-order valence-electron chi connectivity index (χ2n) is 4.96. The molecule has 0 aromatic heterocycles. The maximum Gasteiger partial charge on any atom is 0.184 e. The number of aliphatic hydroxyl groups excluding tert-OH is 1. The minimum atomic E-state index is -0.655. The van der Waals surface area contributed by atoms with Gasteiger partial charge in [0.1, 0.15) is 0 Å². The summed E-state index contributed by atoms with van der Waals surface area (Å²) in [5, 5.41) is 13.5. The van der Waals surface area contributed by atoms with Gasteiger partial charge in [0.15, 0.2) is 6.35 Å². The fraction of sp³-hybridized carbons (Fsp3) is 0.250. The monoisotopic (exact) mass is 332 g/mol. The lowest BCUT2D eigenvalue weighted by molar-refractivity contribution is 0.132. The molecule has 20 heavy (non-hydrogen) atoms. The molecule has 1 heterocycles. The van der Waals surface area contributed by atoms with E-state index >= 15 is 0 Å². The summed E-state index contributed by atoms with van der Waals surface area (Å²) in [7, 11) is 0. The molecule has 1 atom stereocenters. The predicted octanol–water partition coefficient (Wildman–Crippen LogP) is 2.88. The van der Waals surface area contributed by atoms with Crippen LogP contribution in [0.3, 0.4) is 0 Å². The van der Waals surface area contributed by atoms with Gasteiger partial charge >= 0.3 is 0 Å². The lowest BCUT2D eigenvalue weighted by atomic mass is 10.2. The lowest BCUT2D eigenvalue weighted by Crippen LogP contribution is -2.44. The molecule has 1 aliphatic rings. The SMILES string of the molecule is OC(NCc1ccccc1)N1CCc2cc(Br)ccc21. The Morgan fingerprint density at radius 2 is 2.00 bits per heavy atom. The van der Waals surface area contributed by atoms with E-state index in [1.165, 1.54) is 11.1 Å². The van der Waals surface area contributed by atoms with E-state index in [0.717, 1.165) is 23.1 Å². The molecule has 0 amide bonds. The van der Waals surface area contributed by atoms with E-state index in [4.69, 9.17) is 0 Å². The maximum atomic E-state index is 10.3. The first-order valence-corrected chi connectivity index (χ1v) is 7.54. The third kappa shape index (κ3) is 2.87. The Morgan fingerprint density at radius 3 is 2.80 bits per heavy atom. The quantitative estimate of drug-likeness (QED) is 0.845. The summed E-state index contributed by atoms with van der Waals surface area (Å²) in [6, 6.07) is 16.3. The molecule has 2 N–H and O–H groups in total. The molecule has 0 spiro atoms. The van der Waals surface area contributed by atoms with Crippen LogP contribution in [-0.4, -0.2) is 18.0 Å². The van der Waals surface area contributed by atoms with Gasteiger partial charge < -0.3 is 10.0 Å². The summed E-state index contributed by atoms with van der Waals surface area (Å²) in [6.07, 6.45) is 0.316. The number of aliphatic hydroxyl groups is 1. The zero-order valence-corrected chi connectivity index (χ0v) is 12.7. The zero-order valence-electron chi connectivity index (χ0n) is 11.1. The highest BCUT2D eigenvalue weighted by Gasteiger charge is 2.24. The van der Waals surface area contributed by atoms with E-state index in [1.54, 1.807) is 0 Å². The van der Waals surface area contributed by atoms with E-state index in [0.29, 0.717) is 6.54 Å². The second-order valence-corrected chi connectivity index (χ2v) is 5.87. The standard InChI is InChI=1S/C16H17BrN2O/c17-14-6-7-15-13(10-14)8-9-19(15)16(20)18-11-12-4-2-1-3-5-12/h1-7,10,16,18,20H,8-9,11H2. The molecule has 2 aromatic rings. The van der Waals surface area contributed by atoms with Crippen LogP contribution in [0.1, 0.15) is 11.1 Å². The molecule has 0 saturated carbocycles. The van der Waals surface area contributed by atoms with Gasteiger partial charge in [0.05, 0.1) is 0 Å². The third-order valence-corrected chi connectivity index (χ3v) is 4.09. The largest absolute Gasteiger partial charge is 0.361 e. The second kappa shape index (κ2) is 5.95. The van der Waals surface area contributed by atoms with Crippen LogP contribution in [0, 0.1) is 0 Å². The average Bonchev–Trinajstić information content (AvgIpc) is 2.89. The normalized spacial score (nSPS) is 15.2. The highest BCUT2D eigenvalue weighted by molar-refractivity contribution is 9.10. The Morgan fingerprint density at radius 1 is 1.20 bits per heavy atom. The van der Waals surface area contributed by atoms with Crippen molar-refractivity contribution in [2.45, 2.75) is 19.3 Å². The van der Waals surface area contributed by atoms with Crippen LogP contribution in [0.15, 0.2) is 53.0 Å². The van der Waals surface area contributed by atoms with Crippen LogP contribution in [0.4, 0.5) is 5.69 Å². The Kier molecular flexibility index (Phi) is 4.05. The molecule has 2 aromatic carbocycles. The molecule has 0 bridgehead atoms. The van der Waals surface area contributed by atoms with Crippen molar-refractivity contribution in [1.82, 2.24) is 5.32 Å². The minimum Gasteiger partial charge on any atom is -0.361 e. The molecule has 0 aliphatic carbocycles. The predicted molar refractivity (Wildman–Crippen MR) is 84.5 cm³/mol. The fourth-order valence-corrected chi connectivity index (χ4v) is 2.97. The van der Waals surface area contributed by atoms with Crippen molar-refractivity contribution in [1.29, 1.82) is 0 Å². The maximum absolute atomic E-state index is 10.3. The number of halogens is 1. The summed E-state index contributed by atoms with van der Waals surface area (Å²) in [6.45, 7) is 1.50. The minimum absolute atomic E-state index is 0.655. The van der Waals surface area contributed by atoms with Crippen LogP contribution < -0.4 is 10.2 Å². The first kappa shape index (κ1) is 13.6. The summed E-state index contributed by atoms with van der Waals surface area (Å²) in [4.78, 5) is 2.00. The Bertz CT molecular complexity index is 588. The van der Waals surface area contributed by atoms with Crippen LogP contribution >= 0.6 is 15.9 Å². The van der Waals surface area contributed by atoms with Gasteiger partial charge in [-0.1, -0.05) is 46.3 Å².